The first kappa shape index (κ1) is 10.3. The Balaban J connectivity index is 1.71. The summed E-state index contributed by atoms with van der Waals surface area (Å²) in [7, 11) is 0. The summed E-state index contributed by atoms with van der Waals surface area (Å²) in [4.78, 5) is 11.0. The molecule has 6 heteroatoms. The first-order chi connectivity index (χ1) is 7.55. The molecule has 3 rings (SSSR count). The fraction of sp³-hybridized carbons (Fsp3) is 0.900. The largest absolute Gasteiger partial charge is 0.447 e. The Morgan fingerprint density at radius 2 is 2.06 bits per heavy atom. The van der Waals surface area contributed by atoms with Gasteiger partial charge in [0.15, 0.2) is 5.79 Å². The van der Waals surface area contributed by atoms with Gasteiger partial charge in [0.05, 0.1) is 12.6 Å². The van der Waals surface area contributed by atoms with Crippen molar-refractivity contribution in [3.8, 4) is 0 Å². The molecule has 16 heavy (non-hydrogen) atoms. The number of hydrogen-bond donors (Lipinski definition) is 1. The molecule has 0 aromatic carbocycles. The number of alkyl carbamates (subject to hydrolysis) is 1. The van der Waals surface area contributed by atoms with E-state index in [4.69, 9.17) is 18.9 Å². The molecule has 0 bridgehead atoms. The zero-order chi connectivity index (χ0) is 11.3. The molecule has 0 aliphatic carbocycles. The van der Waals surface area contributed by atoms with Gasteiger partial charge >= 0.3 is 6.09 Å². The van der Waals surface area contributed by atoms with E-state index in [1.165, 1.54) is 0 Å². The second-order valence-corrected chi connectivity index (χ2v) is 4.79. The Morgan fingerprint density at radius 3 is 2.75 bits per heavy atom. The molecule has 3 fully saturated rings. The minimum absolute atomic E-state index is 0.0440. The van der Waals surface area contributed by atoms with E-state index in [1.807, 2.05) is 13.8 Å². The highest BCUT2D eigenvalue weighted by Gasteiger charge is 2.53. The SMILES string of the molecule is CC1(C)O[C@H]2[C@@H]([C@H]3COC(=O)N3)OC[C@H]2O1. The van der Waals surface area contributed by atoms with E-state index in [-0.39, 0.29) is 24.4 Å². The van der Waals surface area contributed by atoms with E-state index in [1.54, 1.807) is 0 Å². The second kappa shape index (κ2) is 3.32. The Bertz CT molecular complexity index is 318. The van der Waals surface area contributed by atoms with Crippen LogP contribution in [0.3, 0.4) is 0 Å². The molecule has 0 unspecified atom stereocenters. The molecule has 0 saturated carbocycles. The predicted molar refractivity (Wildman–Crippen MR) is 51.8 cm³/mol. The summed E-state index contributed by atoms with van der Waals surface area (Å²) >= 11 is 0. The number of fused-ring (bicyclic) bond motifs is 1. The van der Waals surface area contributed by atoms with Crippen molar-refractivity contribution in [2.45, 2.75) is 44.0 Å². The lowest BCUT2D eigenvalue weighted by atomic mass is 10.1. The number of amides is 1. The maximum Gasteiger partial charge on any atom is 0.407 e. The number of hydrogen-bond acceptors (Lipinski definition) is 5. The molecule has 0 aromatic heterocycles. The molecule has 3 saturated heterocycles. The molecule has 4 atom stereocenters. The molecule has 0 spiro atoms. The van der Waals surface area contributed by atoms with Crippen LogP contribution in [0, 0.1) is 0 Å². The van der Waals surface area contributed by atoms with Crippen LogP contribution in [0.5, 0.6) is 0 Å². The third kappa shape index (κ3) is 1.57. The van der Waals surface area contributed by atoms with Gasteiger partial charge in [0, 0.05) is 0 Å². The van der Waals surface area contributed by atoms with E-state index in [0.717, 1.165) is 0 Å². The van der Waals surface area contributed by atoms with Crippen molar-refractivity contribution >= 4 is 6.09 Å². The second-order valence-electron chi connectivity index (χ2n) is 4.79. The zero-order valence-electron chi connectivity index (χ0n) is 9.26. The van der Waals surface area contributed by atoms with Gasteiger partial charge in [-0.05, 0) is 13.8 Å². The van der Waals surface area contributed by atoms with Crippen LogP contribution in [0.4, 0.5) is 4.79 Å². The minimum atomic E-state index is -0.569. The van der Waals surface area contributed by atoms with Crippen molar-refractivity contribution in [2.75, 3.05) is 13.2 Å². The van der Waals surface area contributed by atoms with E-state index in [0.29, 0.717) is 13.2 Å². The predicted octanol–water partition coefficient (Wildman–Crippen LogP) is 0.0137. The van der Waals surface area contributed by atoms with Crippen LogP contribution < -0.4 is 5.32 Å². The maximum absolute atomic E-state index is 11.0. The lowest BCUT2D eigenvalue weighted by Gasteiger charge is -2.24. The number of ether oxygens (including phenoxy) is 4. The van der Waals surface area contributed by atoms with Crippen molar-refractivity contribution in [1.82, 2.24) is 5.32 Å². The number of cyclic esters (lactones) is 1. The van der Waals surface area contributed by atoms with Gasteiger partial charge in [0.25, 0.3) is 0 Å². The van der Waals surface area contributed by atoms with E-state index < -0.39 is 11.9 Å². The first-order valence-corrected chi connectivity index (χ1v) is 5.46. The fourth-order valence-electron chi connectivity index (χ4n) is 2.49. The van der Waals surface area contributed by atoms with Gasteiger partial charge in [-0.1, -0.05) is 0 Å². The van der Waals surface area contributed by atoms with Crippen molar-refractivity contribution < 1.29 is 23.7 Å². The maximum atomic E-state index is 11.0. The van der Waals surface area contributed by atoms with Crippen molar-refractivity contribution in [3.63, 3.8) is 0 Å². The summed E-state index contributed by atoms with van der Waals surface area (Å²) in [6.45, 7) is 4.60. The molecule has 1 amide bonds. The summed E-state index contributed by atoms with van der Waals surface area (Å²) in [5.41, 5.74) is 0. The van der Waals surface area contributed by atoms with Gasteiger partial charge in [0.1, 0.15) is 24.9 Å². The summed E-state index contributed by atoms with van der Waals surface area (Å²) < 4.78 is 21.9. The molecule has 1 N–H and O–H groups in total. The van der Waals surface area contributed by atoms with Gasteiger partial charge < -0.3 is 24.3 Å². The Morgan fingerprint density at radius 1 is 1.25 bits per heavy atom. The van der Waals surface area contributed by atoms with Crippen LogP contribution in [0.2, 0.25) is 0 Å². The Kier molecular flexibility index (Phi) is 2.14. The summed E-state index contributed by atoms with van der Waals surface area (Å²) in [5.74, 6) is -0.569. The Labute approximate surface area is 93.2 Å². The molecule has 3 heterocycles. The number of carbonyl (C=O) groups is 1. The number of carbonyl (C=O) groups excluding carboxylic acids is 1. The van der Waals surface area contributed by atoms with Crippen LogP contribution in [0.15, 0.2) is 0 Å². The van der Waals surface area contributed by atoms with Crippen LogP contribution in [-0.2, 0) is 18.9 Å². The molecular formula is C10H15NO5. The molecule has 6 nitrogen and oxygen atoms in total. The molecule has 90 valence electrons. The van der Waals surface area contributed by atoms with Crippen LogP contribution in [-0.4, -0.2) is 49.4 Å². The van der Waals surface area contributed by atoms with Crippen LogP contribution in [0.1, 0.15) is 13.8 Å². The van der Waals surface area contributed by atoms with Crippen molar-refractivity contribution in [3.05, 3.63) is 0 Å². The number of nitrogens with one attached hydrogen (secondary N) is 1. The van der Waals surface area contributed by atoms with E-state index >= 15 is 0 Å². The quantitative estimate of drug-likeness (QED) is 0.686. The highest BCUT2D eigenvalue weighted by Crippen LogP contribution is 2.36. The third-order valence-corrected chi connectivity index (χ3v) is 3.09. The average molecular weight is 229 g/mol. The van der Waals surface area contributed by atoms with Gasteiger partial charge in [-0.25, -0.2) is 4.79 Å². The van der Waals surface area contributed by atoms with Crippen LogP contribution >= 0.6 is 0 Å². The van der Waals surface area contributed by atoms with Gasteiger partial charge in [-0.3, -0.25) is 0 Å². The lowest BCUT2D eigenvalue weighted by Crippen LogP contribution is -2.45. The standard InChI is InChI=1S/C10H15NO5/c1-10(2)15-6-4-13-7(8(6)16-10)5-3-14-9(12)11-5/h5-8H,3-4H2,1-2H3,(H,11,12)/t5-,6-,7-,8-/m1/s1. The lowest BCUT2D eigenvalue weighted by molar-refractivity contribution is -0.177. The topological polar surface area (TPSA) is 66.0 Å². The summed E-state index contributed by atoms with van der Waals surface area (Å²) in [6, 6.07) is -0.139. The minimum Gasteiger partial charge on any atom is -0.447 e. The zero-order valence-corrected chi connectivity index (χ0v) is 9.26. The van der Waals surface area contributed by atoms with Gasteiger partial charge in [0.2, 0.25) is 0 Å². The van der Waals surface area contributed by atoms with Crippen molar-refractivity contribution in [1.29, 1.82) is 0 Å². The highest BCUT2D eigenvalue weighted by molar-refractivity contribution is 5.69. The molecule has 0 aromatic rings. The van der Waals surface area contributed by atoms with Gasteiger partial charge in [-0.15, -0.1) is 0 Å². The normalized spacial score (nSPS) is 45.2. The summed E-state index contributed by atoms with van der Waals surface area (Å²) in [5, 5.41) is 2.71. The van der Waals surface area contributed by atoms with E-state index in [9.17, 15) is 4.79 Å². The van der Waals surface area contributed by atoms with E-state index in [2.05, 4.69) is 5.32 Å². The fourth-order valence-corrected chi connectivity index (χ4v) is 2.49. The van der Waals surface area contributed by atoms with Gasteiger partial charge in [-0.2, -0.15) is 0 Å². The smallest absolute Gasteiger partial charge is 0.407 e. The van der Waals surface area contributed by atoms with Crippen LogP contribution in [0.25, 0.3) is 0 Å². The Hall–Kier alpha value is -0.850. The molecule has 3 aliphatic heterocycles. The highest BCUT2D eigenvalue weighted by atomic mass is 16.8. The van der Waals surface area contributed by atoms with Crippen molar-refractivity contribution in [2.24, 2.45) is 0 Å². The average Bonchev–Trinajstić information content (AvgIpc) is 2.79. The molecule has 3 aliphatic rings. The third-order valence-electron chi connectivity index (χ3n) is 3.09. The summed E-state index contributed by atoms with van der Waals surface area (Å²) in [6.07, 6.45) is -0.743. The first-order valence-electron chi connectivity index (χ1n) is 5.46. The molecular weight excluding hydrogens is 214 g/mol. The molecule has 0 radical (unpaired) electrons. The number of rotatable bonds is 1. The monoisotopic (exact) mass is 229 g/mol.